The van der Waals surface area contributed by atoms with Crippen LogP contribution in [-0.4, -0.2) is 144 Å². The molecular formula is C44H84N4O6S8. The van der Waals surface area contributed by atoms with Gasteiger partial charge in [-0.2, -0.15) is 0 Å². The Balaban J connectivity index is 2.46. The predicted octanol–water partition coefficient (Wildman–Crippen LogP) is 11.3. The van der Waals surface area contributed by atoms with Gasteiger partial charge in [0.1, 0.15) is 25.3 Å². The van der Waals surface area contributed by atoms with Crippen LogP contribution in [0.4, 0.5) is 0 Å². The van der Waals surface area contributed by atoms with Crippen molar-refractivity contribution >= 4 is 110 Å². The second kappa shape index (κ2) is 45.4. The number of ether oxygens (including phenoxy) is 2. The van der Waals surface area contributed by atoms with E-state index < -0.39 is 23.9 Å². The van der Waals surface area contributed by atoms with E-state index in [2.05, 4.69) is 48.1 Å². The zero-order valence-electron chi connectivity index (χ0n) is 38.8. The van der Waals surface area contributed by atoms with E-state index in [9.17, 15) is 19.2 Å². The number of carbonyl (C=O) groups excluding carboxylic acids is 4. The fraction of sp³-hybridized carbons (Fsp3) is 0.909. The minimum atomic E-state index is -0.984. The smallest absolute Gasteiger partial charge is 0.307 e. The van der Waals surface area contributed by atoms with Crippen molar-refractivity contribution in [3.05, 3.63) is 0 Å². The highest BCUT2D eigenvalue weighted by molar-refractivity contribution is 8.77. The standard InChI is InChI=1S/C44H84N4O6S8/c1-5-9-13-29-55-59-33-17-23-47(24-18-34-60-56-30-14-10-6-2)27-21-41(49)53-37-39-43(51)46-40(44(52)45-39)38-54-42(50)22-28-48(25-19-35-61-57-31-15-11-7-3)26-20-36-62-58-32-16-12-8-4/h39-40H,5-38H2,1-4H3,(H,45,52)(H,46,51)/t39-,40-/m0/s1. The quantitative estimate of drug-likeness (QED) is 0.0342. The van der Waals surface area contributed by atoms with Crippen LogP contribution < -0.4 is 10.6 Å². The van der Waals surface area contributed by atoms with Crippen molar-refractivity contribution in [2.45, 2.75) is 155 Å². The van der Waals surface area contributed by atoms with Crippen molar-refractivity contribution in [1.29, 1.82) is 0 Å². The predicted molar refractivity (Wildman–Crippen MR) is 284 cm³/mol. The van der Waals surface area contributed by atoms with E-state index in [1.165, 1.54) is 100 Å². The van der Waals surface area contributed by atoms with Crippen molar-refractivity contribution < 1.29 is 28.7 Å². The van der Waals surface area contributed by atoms with Gasteiger partial charge in [0.05, 0.1) is 12.8 Å². The number of esters is 2. The van der Waals surface area contributed by atoms with Gasteiger partial charge < -0.3 is 29.9 Å². The molecule has 0 saturated carbocycles. The third-order valence-electron chi connectivity index (χ3n) is 9.82. The lowest BCUT2D eigenvalue weighted by molar-refractivity contribution is -0.152. The van der Waals surface area contributed by atoms with E-state index in [0.717, 1.165) is 74.9 Å². The number of hydrogen-bond donors (Lipinski definition) is 2. The molecule has 0 aromatic rings. The molecule has 0 bridgehead atoms. The van der Waals surface area contributed by atoms with Crippen LogP contribution in [0.25, 0.3) is 0 Å². The summed E-state index contributed by atoms with van der Waals surface area (Å²) in [6.07, 6.45) is 20.0. The lowest BCUT2D eigenvalue weighted by Crippen LogP contribution is -2.64. The molecule has 1 heterocycles. The summed E-state index contributed by atoms with van der Waals surface area (Å²) in [6, 6.07) is -1.97. The number of nitrogens with one attached hydrogen (secondary N) is 2. The van der Waals surface area contributed by atoms with E-state index in [0.29, 0.717) is 13.1 Å². The number of hydrogen-bond acceptors (Lipinski definition) is 16. The molecule has 2 N–H and O–H groups in total. The fourth-order valence-electron chi connectivity index (χ4n) is 6.08. The van der Waals surface area contributed by atoms with Crippen LogP contribution in [0.1, 0.15) is 143 Å². The lowest BCUT2D eigenvalue weighted by atomic mass is 10.1. The van der Waals surface area contributed by atoms with Gasteiger partial charge in [-0.1, -0.05) is 165 Å². The van der Waals surface area contributed by atoms with Crippen LogP contribution in [-0.2, 0) is 28.7 Å². The average Bonchev–Trinajstić information content (AvgIpc) is 3.27. The lowest BCUT2D eigenvalue weighted by Gasteiger charge is -2.29. The molecule has 2 amide bonds. The van der Waals surface area contributed by atoms with Gasteiger partial charge in [-0.05, 0) is 77.5 Å². The Labute approximate surface area is 410 Å². The molecule has 2 atom stereocenters. The third kappa shape index (κ3) is 36.7. The largest absolute Gasteiger partial charge is 0.463 e. The second-order valence-electron chi connectivity index (χ2n) is 15.5. The van der Waals surface area contributed by atoms with Gasteiger partial charge >= 0.3 is 11.9 Å². The molecule has 10 nitrogen and oxygen atoms in total. The van der Waals surface area contributed by atoms with Crippen molar-refractivity contribution in [1.82, 2.24) is 20.4 Å². The van der Waals surface area contributed by atoms with Gasteiger partial charge in [0.2, 0.25) is 11.8 Å². The van der Waals surface area contributed by atoms with Crippen LogP contribution in [0.3, 0.4) is 0 Å². The second-order valence-corrected chi connectivity index (χ2v) is 26.3. The SMILES string of the molecule is CCCCCSSCCCN(CCCSSCCCCC)CCC(=O)OC[C@@H]1NC(=O)[C@H](COC(=O)CCN(CCCSSCCCCC)CCCSSCCCCC)NC1=O. The highest BCUT2D eigenvalue weighted by atomic mass is 33.1. The fourth-order valence-corrected chi connectivity index (χ4v) is 15.0. The first-order chi connectivity index (χ1) is 30.3. The molecule has 1 rings (SSSR count). The zero-order valence-corrected chi connectivity index (χ0v) is 45.3. The molecule has 1 saturated heterocycles. The molecule has 1 aliphatic rings. The summed E-state index contributed by atoms with van der Waals surface area (Å²) in [4.78, 5) is 56.2. The van der Waals surface area contributed by atoms with Gasteiger partial charge in [-0.3, -0.25) is 19.2 Å². The van der Waals surface area contributed by atoms with Gasteiger partial charge in [-0.15, -0.1) is 0 Å². The highest BCUT2D eigenvalue weighted by Gasteiger charge is 2.35. The van der Waals surface area contributed by atoms with Crippen molar-refractivity contribution in [2.24, 2.45) is 0 Å². The minimum Gasteiger partial charge on any atom is -0.463 e. The monoisotopic (exact) mass is 1020 g/mol. The molecule has 0 radical (unpaired) electrons. The Morgan fingerprint density at radius 2 is 0.677 bits per heavy atom. The van der Waals surface area contributed by atoms with Crippen LogP contribution >= 0.6 is 86.4 Å². The van der Waals surface area contributed by atoms with E-state index in [1.54, 1.807) is 0 Å². The van der Waals surface area contributed by atoms with Gasteiger partial charge in [0.15, 0.2) is 0 Å². The molecule has 62 heavy (non-hydrogen) atoms. The van der Waals surface area contributed by atoms with Crippen LogP contribution in [0.2, 0.25) is 0 Å². The first-order valence-corrected chi connectivity index (χ1v) is 33.6. The summed E-state index contributed by atoms with van der Waals surface area (Å²) >= 11 is 0. The number of unbranched alkanes of at least 4 members (excludes halogenated alkanes) is 8. The molecule has 364 valence electrons. The van der Waals surface area contributed by atoms with Gasteiger partial charge in [0, 0.05) is 59.1 Å². The summed E-state index contributed by atoms with van der Waals surface area (Å²) in [7, 11) is 15.6. The van der Waals surface area contributed by atoms with E-state index in [4.69, 9.17) is 9.47 Å². The molecule has 0 aromatic heterocycles. The molecule has 0 aromatic carbocycles. The number of amides is 2. The number of nitrogens with zero attached hydrogens (tertiary/aromatic N) is 2. The van der Waals surface area contributed by atoms with E-state index >= 15 is 0 Å². The summed E-state index contributed by atoms with van der Waals surface area (Å²) in [5.74, 6) is 7.47. The Bertz CT molecular complexity index is 986. The molecule has 0 unspecified atom stereocenters. The Kier molecular flexibility index (Phi) is 44.4. The third-order valence-corrected chi connectivity index (χ3v) is 20.1. The molecule has 1 fully saturated rings. The molecular weight excluding hydrogens is 937 g/mol. The minimum absolute atomic E-state index is 0.227. The molecule has 18 heteroatoms. The van der Waals surface area contributed by atoms with E-state index in [-0.39, 0.29) is 38.0 Å². The van der Waals surface area contributed by atoms with Crippen molar-refractivity contribution in [3.8, 4) is 0 Å². The normalized spacial score (nSPS) is 15.3. The van der Waals surface area contributed by atoms with Gasteiger partial charge in [-0.25, -0.2) is 0 Å². The molecule has 0 aliphatic carbocycles. The first kappa shape index (κ1) is 60.6. The number of rotatable bonds is 46. The molecule has 1 aliphatic heterocycles. The topological polar surface area (TPSA) is 117 Å². The maximum atomic E-state index is 12.9. The number of carbonyl (C=O) groups is 4. The molecule has 0 spiro atoms. The van der Waals surface area contributed by atoms with Crippen molar-refractivity contribution in [2.75, 3.05) is 98.5 Å². The summed E-state index contributed by atoms with van der Waals surface area (Å²) in [5, 5.41) is 5.33. The Morgan fingerprint density at radius 3 is 0.935 bits per heavy atom. The maximum Gasteiger partial charge on any atom is 0.307 e. The van der Waals surface area contributed by atoms with Crippen LogP contribution in [0.15, 0.2) is 0 Å². The van der Waals surface area contributed by atoms with Crippen LogP contribution in [0.5, 0.6) is 0 Å². The number of piperazine rings is 1. The highest BCUT2D eigenvalue weighted by Crippen LogP contribution is 2.26. The van der Waals surface area contributed by atoms with Crippen LogP contribution in [0, 0.1) is 0 Å². The Morgan fingerprint density at radius 1 is 0.419 bits per heavy atom. The average molecular weight is 1020 g/mol. The summed E-state index contributed by atoms with van der Waals surface area (Å²) < 4.78 is 11.0. The maximum absolute atomic E-state index is 12.9. The van der Waals surface area contributed by atoms with Gasteiger partial charge in [0.25, 0.3) is 0 Å². The first-order valence-electron chi connectivity index (χ1n) is 23.7. The summed E-state index contributed by atoms with van der Waals surface area (Å²) in [6.45, 7) is 13.4. The van der Waals surface area contributed by atoms with E-state index in [1.807, 2.05) is 86.4 Å². The van der Waals surface area contributed by atoms with Crippen molar-refractivity contribution in [3.63, 3.8) is 0 Å². The zero-order chi connectivity index (χ0) is 45.1. The Hall–Kier alpha value is 0.600. The summed E-state index contributed by atoms with van der Waals surface area (Å²) in [5.41, 5.74) is 0.